The quantitative estimate of drug-likeness (QED) is 0.647. The van der Waals surface area contributed by atoms with Gasteiger partial charge in [-0.05, 0) is 31.9 Å². The number of piperidine rings is 1. The molecule has 10 heteroatoms. The molecule has 154 valence electrons. The highest BCUT2D eigenvalue weighted by Crippen LogP contribution is 2.27. The van der Waals surface area contributed by atoms with E-state index in [1.807, 2.05) is 0 Å². The molecule has 2 aliphatic rings. The summed E-state index contributed by atoms with van der Waals surface area (Å²) in [7, 11) is -3.60. The number of carbonyl (C=O) groups is 2. The van der Waals surface area contributed by atoms with Gasteiger partial charge in [0.1, 0.15) is 10.9 Å². The third kappa shape index (κ3) is 4.49. The van der Waals surface area contributed by atoms with Gasteiger partial charge in [-0.2, -0.15) is 16.1 Å². The molecule has 0 radical (unpaired) electrons. The lowest BCUT2D eigenvalue weighted by atomic mass is 9.96. The number of carbonyl (C=O) groups excluding carboxylic acids is 2. The van der Waals surface area contributed by atoms with Crippen molar-refractivity contribution in [2.75, 3.05) is 37.7 Å². The van der Waals surface area contributed by atoms with Crippen LogP contribution in [0.1, 0.15) is 19.8 Å². The molecular weight excluding hydrogens is 402 g/mol. The van der Waals surface area contributed by atoms with Crippen molar-refractivity contribution in [1.29, 1.82) is 0 Å². The number of thioether (sulfide) groups is 1. The van der Waals surface area contributed by atoms with Gasteiger partial charge in [0, 0.05) is 49.5 Å². The van der Waals surface area contributed by atoms with Crippen LogP contribution in [0.5, 0.6) is 0 Å². The van der Waals surface area contributed by atoms with E-state index in [4.69, 9.17) is 4.74 Å². The number of ether oxygens (including phenoxy) is 1. The Morgan fingerprint density at radius 3 is 2.68 bits per heavy atom. The lowest BCUT2D eigenvalue weighted by Crippen LogP contribution is -2.54. The molecule has 8 nitrogen and oxygen atoms in total. The molecule has 0 aromatic carbocycles. The fourth-order valence-corrected chi connectivity index (χ4v) is 5.99. The van der Waals surface area contributed by atoms with Gasteiger partial charge in [-0.25, -0.2) is 13.2 Å². The Morgan fingerprint density at radius 2 is 2.04 bits per heavy atom. The molecule has 3 heterocycles. The minimum Gasteiger partial charge on any atom is -0.464 e. The topological polar surface area (TPSA) is 96.9 Å². The van der Waals surface area contributed by atoms with Crippen molar-refractivity contribution >= 4 is 33.7 Å². The largest absolute Gasteiger partial charge is 0.464 e. The number of hydrogen-bond donors (Lipinski definition) is 0. The van der Waals surface area contributed by atoms with Gasteiger partial charge >= 0.3 is 5.97 Å². The van der Waals surface area contributed by atoms with Gasteiger partial charge < -0.3 is 9.64 Å². The first-order valence-electron chi connectivity index (χ1n) is 9.40. The molecule has 2 saturated heterocycles. The SMILES string of the molecule is CCOC(=O)C1CSCCN1C(=O)C1CCN(S(=O)(=O)c2cccnc2)CC1. The third-order valence-corrected chi connectivity index (χ3v) is 7.95. The molecule has 1 unspecified atom stereocenters. The van der Waals surface area contributed by atoms with Crippen molar-refractivity contribution in [3.63, 3.8) is 0 Å². The Kier molecular flexibility index (Phi) is 6.95. The smallest absolute Gasteiger partial charge is 0.329 e. The predicted octanol–water partition coefficient (Wildman–Crippen LogP) is 0.989. The van der Waals surface area contributed by atoms with Crippen LogP contribution in [0.15, 0.2) is 29.4 Å². The van der Waals surface area contributed by atoms with Crippen molar-refractivity contribution in [2.24, 2.45) is 5.92 Å². The molecule has 1 amide bonds. The van der Waals surface area contributed by atoms with Crippen LogP contribution in [0.3, 0.4) is 0 Å². The van der Waals surface area contributed by atoms with Crippen LogP contribution in [0.4, 0.5) is 0 Å². The minimum absolute atomic E-state index is 0.0724. The molecule has 2 aliphatic heterocycles. The van der Waals surface area contributed by atoms with Crippen LogP contribution >= 0.6 is 11.8 Å². The first-order valence-corrected chi connectivity index (χ1v) is 12.0. The summed E-state index contributed by atoms with van der Waals surface area (Å²) in [6.07, 6.45) is 3.75. The highest BCUT2D eigenvalue weighted by molar-refractivity contribution is 7.99. The van der Waals surface area contributed by atoms with Crippen molar-refractivity contribution in [3.05, 3.63) is 24.5 Å². The number of rotatable bonds is 5. The second-order valence-corrected chi connectivity index (χ2v) is 9.83. The van der Waals surface area contributed by atoms with E-state index in [-0.39, 0.29) is 42.4 Å². The predicted molar refractivity (Wildman–Crippen MR) is 105 cm³/mol. The highest BCUT2D eigenvalue weighted by Gasteiger charge is 2.39. The molecular formula is C18H25N3O5S2. The zero-order valence-corrected chi connectivity index (χ0v) is 17.5. The van der Waals surface area contributed by atoms with Gasteiger partial charge in [-0.15, -0.1) is 0 Å². The summed E-state index contributed by atoms with van der Waals surface area (Å²) in [5.74, 6) is 0.617. The first kappa shape index (κ1) is 21.1. The number of amides is 1. The lowest BCUT2D eigenvalue weighted by Gasteiger charge is -2.38. The Bertz CT molecular complexity index is 795. The maximum Gasteiger partial charge on any atom is 0.329 e. The molecule has 0 aliphatic carbocycles. The molecule has 0 saturated carbocycles. The zero-order chi connectivity index (χ0) is 20.1. The van der Waals surface area contributed by atoms with Gasteiger partial charge in [-0.3, -0.25) is 9.78 Å². The number of pyridine rings is 1. The summed E-state index contributed by atoms with van der Waals surface area (Å²) in [6, 6.07) is 2.56. The maximum atomic E-state index is 13.0. The van der Waals surface area contributed by atoms with Gasteiger partial charge in [0.15, 0.2) is 0 Å². The first-order chi connectivity index (χ1) is 13.4. The van der Waals surface area contributed by atoms with Gasteiger partial charge in [0.2, 0.25) is 15.9 Å². The normalized spacial score (nSPS) is 22.0. The molecule has 0 spiro atoms. The molecule has 3 rings (SSSR count). The highest BCUT2D eigenvalue weighted by atomic mass is 32.2. The van der Waals surface area contributed by atoms with Crippen LogP contribution in [-0.4, -0.2) is 78.3 Å². The average molecular weight is 428 g/mol. The second kappa shape index (κ2) is 9.23. The molecule has 1 aromatic rings. The number of sulfonamides is 1. The number of hydrogen-bond acceptors (Lipinski definition) is 7. The summed E-state index contributed by atoms with van der Waals surface area (Å²) in [6.45, 7) is 3.10. The summed E-state index contributed by atoms with van der Waals surface area (Å²) in [4.78, 5) is 30.9. The van der Waals surface area contributed by atoms with Crippen LogP contribution in [0.25, 0.3) is 0 Å². The summed E-state index contributed by atoms with van der Waals surface area (Å²) in [5.41, 5.74) is 0. The van der Waals surface area contributed by atoms with Crippen LogP contribution < -0.4 is 0 Å². The third-order valence-electron chi connectivity index (χ3n) is 5.05. The Hall–Kier alpha value is -1.65. The van der Waals surface area contributed by atoms with E-state index < -0.39 is 16.1 Å². The number of nitrogens with zero attached hydrogens (tertiary/aromatic N) is 3. The summed E-state index contributed by atoms with van der Waals surface area (Å²) < 4.78 is 31.9. The van der Waals surface area contributed by atoms with E-state index >= 15 is 0 Å². The maximum absolute atomic E-state index is 13.0. The molecule has 2 fully saturated rings. The fourth-order valence-electron chi connectivity index (χ4n) is 3.53. The Balaban J connectivity index is 1.64. The van der Waals surface area contributed by atoms with Crippen molar-refractivity contribution in [1.82, 2.24) is 14.2 Å². The van der Waals surface area contributed by atoms with E-state index in [1.165, 1.54) is 22.8 Å². The average Bonchev–Trinajstić information content (AvgIpc) is 2.74. The Morgan fingerprint density at radius 1 is 1.29 bits per heavy atom. The van der Waals surface area contributed by atoms with Gasteiger partial charge in [0.05, 0.1) is 6.61 Å². The Labute approximate surface area is 169 Å². The molecule has 0 N–H and O–H groups in total. The van der Waals surface area contributed by atoms with Gasteiger partial charge in [-0.1, -0.05) is 0 Å². The molecule has 1 aromatic heterocycles. The zero-order valence-electron chi connectivity index (χ0n) is 15.8. The van der Waals surface area contributed by atoms with Crippen LogP contribution in [0, 0.1) is 5.92 Å². The van der Waals surface area contributed by atoms with Crippen molar-refractivity contribution < 1.29 is 22.7 Å². The van der Waals surface area contributed by atoms with E-state index in [2.05, 4.69) is 4.98 Å². The van der Waals surface area contributed by atoms with Crippen molar-refractivity contribution in [3.8, 4) is 0 Å². The molecule has 0 bridgehead atoms. The van der Waals surface area contributed by atoms with Crippen LogP contribution in [-0.2, 0) is 24.3 Å². The van der Waals surface area contributed by atoms with Gasteiger partial charge in [0.25, 0.3) is 0 Å². The summed E-state index contributed by atoms with van der Waals surface area (Å²) >= 11 is 1.64. The standard InChI is InChI=1S/C18H25N3O5S2/c1-2-26-18(23)16-13-27-11-10-21(16)17(22)14-5-8-20(9-6-14)28(24,25)15-4-3-7-19-12-15/h3-4,7,12,14,16H,2,5-6,8-11,13H2,1H3. The summed E-state index contributed by atoms with van der Waals surface area (Å²) in [5, 5.41) is 0. The van der Waals surface area contributed by atoms with E-state index in [0.717, 1.165) is 5.75 Å². The molecule has 1 atom stereocenters. The monoisotopic (exact) mass is 427 g/mol. The van der Waals surface area contributed by atoms with E-state index in [9.17, 15) is 18.0 Å². The van der Waals surface area contributed by atoms with E-state index in [0.29, 0.717) is 25.1 Å². The number of aromatic nitrogens is 1. The minimum atomic E-state index is -3.60. The number of esters is 1. The van der Waals surface area contributed by atoms with Crippen molar-refractivity contribution in [2.45, 2.75) is 30.7 Å². The molecule has 28 heavy (non-hydrogen) atoms. The lowest BCUT2D eigenvalue weighted by molar-refractivity contribution is -0.155. The second-order valence-electron chi connectivity index (χ2n) is 6.74. The fraction of sp³-hybridized carbons (Fsp3) is 0.611. The van der Waals surface area contributed by atoms with Crippen LogP contribution in [0.2, 0.25) is 0 Å². The van der Waals surface area contributed by atoms with E-state index in [1.54, 1.807) is 29.7 Å².